The molecule has 0 unspecified atom stereocenters. The van der Waals surface area contributed by atoms with Crippen molar-refractivity contribution in [1.29, 1.82) is 0 Å². The van der Waals surface area contributed by atoms with Crippen molar-refractivity contribution in [2.75, 3.05) is 13.7 Å². The second-order valence-electron chi connectivity index (χ2n) is 7.29. The van der Waals surface area contributed by atoms with E-state index < -0.39 is 0 Å². The number of nitrogens with one attached hydrogen (secondary N) is 1. The number of rotatable bonds is 5. The van der Waals surface area contributed by atoms with Gasteiger partial charge in [-0.15, -0.1) is 0 Å². The van der Waals surface area contributed by atoms with Gasteiger partial charge in [0.1, 0.15) is 22.8 Å². The predicted molar refractivity (Wildman–Crippen MR) is 108 cm³/mol. The predicted octanol–water partition coefficient (Wildman–Crippen LogP) is 4.56. The molecule has 0 saturated carbocycles. The molecule has 1 heterocycles. The van der Waals surface area contributed by atoms with Crippen molar-refractivity contribution in [3.63, 3.8) is 0 Å². The van der Waals surface area contributed by atoms with Crippen molar-refractivity contribution < 1.29 is 19.0 Å². The minimum absolute atomic E-state index is 0.0435. The summed E-state index contributed by atoms with van der Waals surface area (Å²) in [6, 6.07) is 11.1. The van der Waals surface area contributed by atoms with Gasteiger partial charge in [0.15, 0.2) is 6.61 Å². The molecule has 0 radical (unpaired) electrons. The third-order valence-corrected chi connectivity index (χ3v) is 5.40. The molecule has 2 aromatic rings. The van der Waals surface area contributed by atoms with Gasteiger partial charge in [-0.25, -0.2) is 0 Å². The highest BCUT2D eigenvalue weighted by Crippen LogP contribution is 2.41. The Kier molecular flexibility index (Phi) is 5.65. The first-order valence-corrected chi connectivity index (χ1v) is 9.62. The van der Waals surface area contributed by atoms with Crippen LogP contribution in [0, 0.1) is 6.92 Å². The topological polar surface area (TPSA) is 56.8 Å². The number of hydrogen-bond acceptors (Lipinski definition) is 4. The lowest BCUT2D eigenvalue weighted by Crippen LogP contribution is -2.42. The fourth-order valence-electron chi connectivity index (χ4n) is 3.18. The Morgan fingerprint density at radius 2 is 2.00 bits per heavy atom. The maximum atomic E-state index is 12.5. The maximum absolute atomic E-state index is 12.5. The normalized spacial score (nSPS) is 17.4. The standard InChI is InChI=1S/C21H24BrNO4/c1-13-9-15(5-7-17(13)22)26-12-20(24)23-18-11-21(2,3)27-19-8-6-14(25-4)10-16(18)19/h5-10,18H,11-12H2,1-4H3,(H,23,24)/t18-/m1/s1. The van der Waals surface area contributed by atoms with Gasteiger partial charge in [-0.3, -0.25) is 4.79 Å². The molecule has 1 atom stereocenters. The first kappa shape index (κ1) is 19.5. The number of hydrogen-bond donors (Lipinski definition) is 1. The van der Waals surface area contributed by atoms with Crippen LogP contribution in [-0.2, 0) is 4.79 Å². The van der Waals surface area contributed by atoms with Crippen LogP contribution in [0.2, 0.25) is 0 Å². The lowest BCUT2D eigenvalue weighted by molar-refractivity contribution is -0.124. The van der Waals surface area contributed by atoms with Crippen LogP contribution in [0.25, 0.3) is 0 Å². The number of halogens is 1. The maximum Gasteiger partial charge on any atom is 0.258 e. The summed E-state index contributed by atoms with van der Waals surface area (Å²) in [6.07, 6.45) is 0.663. The van der Waals surface area contributed by atoms with Crippen LogP contribution in [0.3, 0.4) is 0 Å². The van der Waals surface area contributed by atoms with E-state index in [2.05, 4.69) is 21.2 Å². The summed E-state index contributed by atoms with van der Waals surface area (Å²) in [5.41, 5.74) is 1.60. The number of ether oxygens (including phenoxy) is 3. The molecule has 0 fully saturated rings. The summed E-state index contributed by atoms with van der Waals surface area (Å²) >= 11 is 3.46. The van der Waals surface area contributed by atoms with E-state index in [4.69, 9.17) is 14.2 Å². The molecular weight excluding hydrogens is 410 g/mol. The van der Waals surface area contributed by atoms with Crippen molar-refractivity contribution in [2.24, 2.45) is 0 Å². The Balaban J connectivity index is 1.70. The molecule has 5 nitrogen and oxygen atoms in total. The summed E-state index contributed by atoms with van der Waals surface area (Å²) in [6.45, 7) is 5.96. The average Bonchev–Trinajstić information content (AvgIpc) is 2.61. The van der Waals surface area contributed by atoms with Crippen LogP contribution in [0.15, 0.2) is 40.9 Å². The number of carbonyl (C=O) groups excluding carboxylic acids is 1. The van der Waals surface area contributed by atoms with Crippen LogP contribution >= 0.6 is 15.9 Å². The molecule has 2 aromatic carbocycles. The highest BCUT2D eigenvalue weighted by molar-refractivity contribution is 9.10. The fourth-order valence-corrected chi connectivity index (χ4v) is 3.43. The van der Waals surface area contributed by atoms with Gasteiger partial charge in [0.05, 0.1) is 13.2 Å². The van der Waals surface area contributed by atoms with Gasteiger partial charge in [-0.2, -0.15) is 0 Å². The molecule has 1 N–H and O–H groups in total. The summed E-state index contributed by atoms with van der Waals surface area (Å²) in [5.74, 6) is 1.99. The fraction of sp³-hybridized carbons (Fsp3) is 0.381. The Labute approximate surface area is 168 Å². The van der Waals surface area contributed by atoms with Crippen LogP contribution in [0.4, 0.5) is 0 Å². The van der Waals surface area contributed by atoms with E-state index in [1.807, 2.05) is 57.2 Å². The molecule has 1 amide bonds. The molecule has 0 aromatic heterocycles. The van der Waals surface area contributed by atoms with E-state index in [-0.39, 0.29) is 24.2 Å². The summed E-state index contributed by atoms with van der Waals surface area (Å²) < 4.78 is 18.0. The highest BCUT2D eigenvalue weighted by Gasteiger charge is 2.34. The lowest BCUT2D eigenvalue weighted by Gasteiger charge is -2.38. The zero-order valence-corrected chi connectivity index (χ0v) is 17.6. The van der Waals surface area contributed by atoms with Crippen LogP contribution in [-0.4, -0.2) is 25.2 Å². The molecular formula is C21H24BrNO4. The second kappa shape index (κ2) is 7.80. The van der Waals surface area contributed by atoms with E-state index in [1.165, 1.54) is 0 Å². The van der Waals surface area contributed by atoms with Crippen molar-refractivity contribution in [2.45, 2.75) is 38.8 Å². The molecule has 6 heteroatoms. The number of methoxy groups -OCH3 is 1. The molecule has 27 heavy (non-hydrogen) atoms. The second-order valence-corrected chi connectivity index (χ2v) is 8.14. The number of aryl methyl sites for hydroxylation is 1. The van der Waals surface area contributed by atoms with Crippen LogP contribution < -0.4 is 19.5 Å². The van der Waals surface area contributed by atoms with Gasteiger partial charge < -0.3 is 19.5 Å². The summed E-state index contributed by atoms with van der Waals surface area (Å²) in [4.78, 5) is 12.5. The van der Waals surface area contributed by atoms with Gasteiger partial charge in [0.2, 0.25) is 0 Å². The summed E-state index contributed by atoms with van der Waals surface area (Å²) in [7, 11) is 1.62. The zero-order valence-electron chi connectivity index (χ0n) is 16.0. The zero-order chi connectivity index (χ0) is 19.6. The third kappa shape index (κ3) is 4.75. The molecule has 0 aliphatic carbocycles. The monoisotopic (exact) mass is 433 g/mol. The van der Waals surface area contributed by atoms with E-state index in [1.54, 1.807) is 7.11 Å². The largest absolute Gasteiger partial charge is 0.497 e. The minimum Gasteiger partial charge on any atom is -0.497 e. The lowest BCUT2D eigenvalue weighted by atomic mass is 9.89. The number of fused-ring (bicyclic) bond motifs is 1. The third-order valence-electron chi connectivity index (χ3n) is 4.51. The molecule has 0 spiro atoms. The quantitative estimate of drug-likeness (QED) is 0.750. The Morgan fingerprint density at radius 1 is 1.26 bits per heavy atom. The minimum atomic E-state index is -0.372. The van der Waals surface area contributed by atoms with Gasteiger partial charge in [-0.05, 0) is 62.7 Å². The number of amides is 1. The van der Waals surface area contributed by atoms with Crippen molar-refractivity contribution in [3.05, 3.63) is 52.0 Å². The van der Waals surface area contributed by atoms with E-state index >= 15 is 0 Å². The smallest absolute Gasteiger partial charge is 0.258 e. The van der Waals surface area contributed by atoms with Crippen molar-refractivity contribution >= 4 is 21.8 Å². The van der Waals surface area contributed by atoms with Gasteiger partial charge in [0.25, 0.3) is 5.91 Å². The average molecular weight is 434 g/mol. The molecule has 1 aliphatic rings. The SMILES string of the molecule is COc1ccc2c(c1)[C@H](NC(=O)COc1ccc(Br)c(C)c1)CC(C)(C)O2. The number of benzene rings is 2. The van der Waals surface area contributed by atoms with E-state index in [0.29, 0.717) is 12.2 Å². The van der Waals surface area contributed by atoms with E-state index in [9.17, 15) is 4.79 Å². The van der Waals surface area contributed by atoms with Crippen molar-refractivity contribution in [1.82, 2.24) is 5.32 Å². The van der Waals surface area contributed by atoms with Crippen LogP contribution in [0.1, 0.15) is 37.4 Å². The van der Waals surface area contributed by atoms with Crippen LogP contribution in [0.5, 0.6) is 17.2 Å². The van der Waals surface area contributed by atoms with Crippen molar-refractivity contribution in [3.8, 4) is 17.2 Å². The molecule has 0 saturated heterocycles. The first-order chi connectivity index (χ1) is 12.8. The Morgan fingerprint density at radius 3 is 2.70 bits per heavy atom. The van der Waals surface area contributed by atoms with Gasteiger partial charge >= 0.3 is 0 Å². The number of carbonyl (C=O) groups is 1. The van der Waals surface area contributed by atoms with Gasteiger partial charge in [0, 0.05) is 16.5 Å². The summed E-state index contributed by atoms with van der Waals surface area (Å²) in [5, 5.41) is 3.07. The molecule has 144 valence electrons. The Hall–Kier alpha value is -2.21. The van der Waals surface area contributed by atoms with Gasteiger partial charge in [-0.1, -0.05) is 15.9 Å². The molecule has 1 aliphatic heterocycles. The van der Waals surface area contributed by atoms with E-state index in [0.717, 1.165) is 27.1 Å². The molecule has 3 rings (SSSR count). The Bertz CT molecular complexity index is 850. The molecule has 0 bridgehead atoms. The highest BCUT2D eigenvalue weighted by atomic mass is 79.9. The first-order valence-electron chi connectivity index (χ1n) is 8.83.